The highest BCUT2D eigenvalue weighted by Gasteiger charge is 2.19. The Morgan fingerprint density at radius 2 is 1.78 bits per heavy atom. The van der Waals surface area contributed by atoms with Gasteiger partial charge in [-0.2, -0.15) is 0 Å². The molecular formula is C11H14FN3O3. The van der Waals surface area contributed by atoms with E-state index in [1.165, 1.54) is 12.1 Å². The molecule has 0 aliphatic carbocycles. The van der Waals surface area contributed by atoms with E-state index in [1.807, 2.05) is 0 Å². The Hall–Kier alpha value is -2.15. The predicted molar refractivity (Wildman–Crippen MR) is 62.9 cm³/mol. The molecule has 0 bridgehead atoms. The van der Waals surface area contributed by atoms with Gasteiger partial charge in [0, 0.05) is 5.56 Å². The van der Waals surface area contributed by atoms with Gasteiger partial charge in [-0.3, -0.25) is 9.59 Å². The summed E-state index contributed by atoms with van der Waals surface area (Å²) in [4.78, 5) is 22.9. The van der Waals surface area contributed by atoms with Crippen LogP contribution in [0.1, 0.15) is 5.56 Å². The highest BCUT2D eigenvalue weighted by molar-refractivity contribution is 5.85. The molecule has 0 unspecified atom stereocenters. The maximum absolute atomic E-state index is 13.7. The largest absolute Gasteiger partial charge is 0.392 e. The van der Waals surface area contributed by atoms with Gasteiger partial charge < -0.3 is 21.5 Å². The molecule has 0 spiro atoms. The van der Waals surface area contributed by atoms with E-state index in [0.29, 0.717) is 0 Å². The molecule has 6 nitrogen and oxygen atoms in total. The van der Waals surface area contributed by atoms with Crippen molar-refractivity contribution in [2.75, 3.05) is 18.0 Å². The summed E-state index contributed by atoms with van der Waals surface area (Å²) in [5, 5.41) is 9.13. The molecule has 18 heavy (non-hydrogen) atoms. The molecule has 0 radical (unpaired) electrons. The second-order valence-corrected chi connectivity index (χ2v) is 3.69. The summed E-state index contributed by atoms with van der Waals surface area (Å²) in [7, 11) is 0. The molecule has 1 aromatic rings. The molecule has 0 aromatic heterocycles. The lowest BCUT2D eigenvalue weighted by Gasteiger charge is -2.24. The van der Waals surface area contributed by atoms with E-state index in [4.69, 9.17) is 16.6 Å². The molecule has 0 heterocycles. The number of para-hydroxylation sites is 1. The van der Waals surface area contributed by atoms with Crippen LogP contribution < -0.4 is 16.4 Å². The van der Waals surface area contributed by atoms with Crippen LogP contribution in [0.5, 0.6) is 0 Å². The van der Waals surface area contributed by atoms with E-state index < -0.39 is 24.2 Å². The summed E-state index contributed by atoms with van der Waals surface area (Å²) >= 11 is 0. The SMILES string of the molecule is NC(=O)CN(CC(N)=O)c1c(F)cccc1CO. The molecule has 0 atom stereocenters. The van der Waals surface area contributed by atoms with Gasteiger partial charge in [-0.1, -0.05) is 12.1 Å². The van der Waals surface area contributed by atoms with Crippen molar-refractivity contribution in [2.24, 2.45) is 11.5 Å². The maximum Gasteiger partial charge on any atom is 0.236 e. The number of halogens is 1. The van der Waals surface area contributed by atoms with E-state index >= 15 is 0 Å². The normalized spacial score (nSPS) is 10.1. The monoisotopic (exact) mass is 255 g/mol. The summed E-state index contributed by atoms with van der Waals surface area (Å²) in [6, 6.07) is 4.05. The van der Waals surface area contributed by atoms with Crippen LogP contribution in [-0.2, 0) is 16.2 Å². The first kappa shape index (κ1) is 13.9. The van der Waals surface area contributed by atoms with Crippen LogP contribution in [0.3, 0.4) is 0 Å². The smallest absolute Gasteiger partial charge is 0.236 e. The zero-order chi connectivity index (χ0) is 13.7. The molecule has 0 fully saturated rings. The van der Waals surface area contributed by atoms with E-state index in [0.717, 1.165) is 11.0 Å². The zero-order valence-corrected chi connectivity index (χ0v) is 9.60. The van der Waals surface area contributed by atoms with Crippen molar-refractivity contribution < 1.29 is 19.1 Å². The van der Waals surface area contributed by atoms with E-state index in [-0.39, 0.29) is 24.3 Å². The van der Waals surface area contributed by atoms with Crippen molar-refractivity contribution in [3.8, 4) is 0 Å². The number of benzene rings is 1. The fraction of sp³-hybridized carbons (Fsp3) is 0.273. The Kier molecular flexibility index (Phi) is 4.61. The van der Waals surface area contributed by atoms with Crippen molar-refractivity contribution in [1.82, 2.24) is 0 Å². The van der Waals surface area contributed by atoms with Gasteiger partial charge in [-0.05, 0) is 6.07 Å². The quantitative estimate of drug-likeness (QED) is 0.611. The van der Waals surface area contributed by atoms with E-state index in [9.17, 15) is 14.0 Å². The predicted octanol–water partition coefficient (Wildman–Crippen LogP) is -0.905. The minimum Gasteiger partial charge on any atom is -0.392 e. The van der Waals surface area contributed by atoms with Crippen LogP contribution in [-0.4, -0.2) is 30.0 Å². The Morgan fingerprint density at radius 3 is 2.22 bits per heavy atom. The summed E-state index contributed by atoms with van der Waals surface area (Å²) < 4.78 is 13.7. The fourth-order valence-electron chi connectivity index (χ4n) is 1.63. The van der Waals surface area contributed by atoms with Crippen LogP contribution in [0.2, 0.25) is 0 Å². The van der Waals surface area contributed by atoms with Crippen molar-refractivity contribution >= 4 is 17.5 Å². The number of nitrogens with two attached hydrogens (primary N) is 2. The molecule has 5 N–H and O–H groups in total. The van der Waals surface area contributed by atoms with Crippen molar-refractivity contribution in [3.63, 3.8) is 0 Å². The minimum absolute atomic E-state index is 0.0439. The second kappa shape index (κ2) is 5.97. The standard InChI is InChI=1S/C11H14FN3O3/c12-8-3-1-2-7(6-16)11(8)15(4-9(13)17)5-10(14)18/h1-3,16H,4-6H2,(H2,13,17)(H2,14,18). The Morgan fingerprint density at radius 1 is 1.22 bits per heavy atom. The Labute approximate surface area is 103 Å². The van der Waals surface area contributed by atoms with E-state index in [2.05, 4.69) is 0 Å². The molecule has 7 heteroatoms. The van der Waals surface area contributed by atoms with Crippen LogP contribution >= 0.6 is 0 Å². The summed E-state index contributed by atoms with van der Waals surface area (Å²) in [6.07, 6.45) is 0. The lowest BCUT2D eigenvalue weighted by molar-refractivity contribution is -0.117. The Bertz CT molecular complexity index is 449. The molecule has 98 valence electrons. The van der Waals surface area contributed by atoms with Gasteiger partial charge >= 0.3 is 0 Å². The van der Waals surface area contributed by atoms with Gasteiger partial charge in [0.15, 0.2) is 0 Å². The summed E-state index contributed by atoms with van der Waals surface area (Å²) in [6.45, 7) is -1.16. The number of carbonyl (C=O) groups excluding carboxylic acids is 2. The van der Waals surface area contributed by atoms with Crippen LogP contribution in [0.15, 0.2) is 18.2 Å². The van der Waals surface area contributed by atoms with Gasteiger partial charge in [0.25, 0.3) is 0 Å². The maximum atomic E-state index is 13.7. The first-order chi connectivity index (χ1) is 8.45. The lowest BCUT2D eigenvalue weighted by Crippen LogP contribution is -2.40. The highest BCUT2D eigenvalue weighted by Crippen LogP contribution is 2.24. The fourth-order valence-corrected chi connectivity index (χ4v) is 1.63. The van der Waals surface area contributed by atoms with Crippen LogP contribution in [0.4, 0.5) is 10.1 Å². The second-order valence-electron chi connectivity index (χ2n) is 3.69. The molecule has 0 aliphatic heterocycles. The number of amides is 2. The number of hydrogen-bond donors (Lipinski definition) is 3. The summed E-state index contributed by atoms with van der Waals surface area (Å²) in [5.74, 6) is -2.13. The number of hydrogen-bond acceptors (Lipinski definition) is 4. The van der Waals surface area contributed by atoms with E-state index in [1.54, 1.807) is 0 Å². The molecule has 0 aliphatic rings. The zero-order valence-electron chi connectivity index (χ0n) is 9.60. The summed E-state index contributed by atoms with van der Waals surface area (Å²) in [5.41, 5.74) is 10.3. The highest BCUT2D eigenvalue weighted by atomic mass is 19.1. The van der Waals surface area contributed by atoms with Gasteiger partial charge in [-0.25, -0.2) is 4.39 Å². The Balaban J connectivity index is 3.18. The average molecular weight is 255 g/mol. The molecule has 1 aromatic carbocycles. The van der Waals surface area contributed by atoms with Crippen LogP contribution in [0, 0.1) is 5.82 Å². The number of anilines is 1. The molecule has 0 saturated carbocycles. The number of aliphatic hydroxyl groups excluding tert-OH is 1. The third kappa shape index (κ3) is 3.42. The van der Waals surface area contributed by atoms with Gasteiger partial charge in [0.1, 0.15) is 5.82 Å². The third-order valence-electron chi connectivity index (χ3n) is 2.25. The van der Waals surface area contributed by atoms with Gasteiger partial charge in [-0.15, -0.1) is 0 Å². The number of rotatable bonds is 6. The number of nitrogens with zero attached hydrogens (tertiary/aromatic N) is 1. The molecule has 2 amide bonds. The minimum atomic E-state index is -0.733. The number of primary amides is 2. The average Bonchev–Trinajstić information content (AvgIpc) is 2.26. The number of aliphatic hydroxyl groups is 1. The number of carbonyl (C=O) groups is 2. The van der Waals surface area contributed by atoms with Gasteiger partial charge in [0.05, 0.1) is 25.4 Å². The van der Waals surface area contributed by atoms with Crippen molar-refractivity contribution in [2.45, 2.75) is 6.61 Å². The molecular weight excluding hydrogens is 241 g/mol. The molecule has 0 saturated heterocycles. The first-order valence-corrected chi connectivity index (χ1v) is 5.15. The van der Waals surface area contributed by atoms with Gasteiger partial charge in [0.2, 0.25) is 11.8 Å². The first-order valence-electron chi connectivity index (χ1n) is 5.15. The third-order valence-corrected chi connectivity index (χ3v) is 2.25. The van der Waals surface area contributed by atoms with Crippen molar-refractivity contribution in [3.05, 3.63) is 29.6 Å². The van der Waals surface area contributed by atoms with Crippen LogP contribution in [0.25, 0.3) is 0 Å². The topological polar surface area (TPSA) is 110 Å². The van der Waals surface area contributed by atoms with Crippen molar-refractivity contribution in [1.29, 1.82) is 0 Å². The lowest BCUT2D eigenvalue weighted by atomic mass is 10.1. The molecule has 1 rings (SSSR count).